The summed E-state index contributed by atoms with van der Waals surface area (Å²) in [5, 5.41) is 0. The van der Waals surface area contributed by atoms with Gasteiger partial charge >= 0.3 is 0 Å². The molecule has 49 heavy (non-hydrogen) atoms. The van der Waals surface area contributed by atoms with Gasteiger partial charge in [-0.2, -0.15) is 0 Å². The summed E-state index contributed by atoms with van der Waals surface area (Å²) in [6.07, 6.45) is 27.3. The van der Waals surface area contributed by atoms with Crippen LogP contribution in [0.1, 0.15) is 177 Å². The summed E-state index contributed by atoms with van der Waals surface area (Å²) in [5.74, 6) is 0. The summed E-state index contributed by atoms with van der Waals surface area (Å²) in [6.45, 7) is 43.1. The van der Waals surface area contributed by atoms with Gasteiger partial charge in [0.2, 0.25) is 0 Å². The van der Waals surface area contributed by atoms with Crippen molar-refractivity contribution >= 4 is 5.57 Å². The minimum absolute atomic E-state index is 0.421. The molecule has 0 amide bonds. The highest BCUT2D eigenvalue weighted by Gasteiger charge is 2.19. The number of unbranched alkanes of at least 4 members (excludes halogenated alkanes) is 3. The third kappa shape index (κ3) is 24.0. The van der Waals surface area contributed by atoms with E-state index in [2.05, 4.69) is 158 Å². The fourth-order valence-electron chi connectivity index (χ4n) is 5.14. The average Bonchev–Trinajstić information content (AvgIpc) is 3.40. The van der Waals surface area contributed by atoms with E-state index in [1.165, 1.54) is 102 Å². The zero-order chi connectivity index (χ0) is 37.8. The lowest BCUT2D eigenvalue weighted by molar-refractivity contribution is 0.403. The monoisotopic (exact) mass is 669 g/mol. The van der Waals surface area contributed by atoms with E-state index in [1.807, 2.05) is 0 Å². The Hall–Kier alpha value is -2.86. The van der Waals surface area contributed by atoms with Gasteiger partial charge in [0.25, 0.3) is 0 Å². The van der Waals surface area contributed by atoms with Gasteiger partial charge in [0.05, 0.1) is 0 Å². The second-order valence-electron chi connectivity index (χ2n) is 14.9. The van der Waals surface area contributed by atoms with E-state index in [0.29, 0.717) is 5.41 Å². The van der Waals surface area contributed by atoms with Crippen LogP contribution in [0.2, 0.25) is 0 Å². The Balaban J connectivity index is 0. The smallest absolute Gasteiger partial charge is 0.00112 e. The van der Waals surface area contributed by atoms with Crippen LogP contribution in [0.25, 0.3) is 5.57 Å². The molecule has 1 aliphatic rings. The number of fused-ring (bicyclic) bond motifs is 1. The largest absolute Gasteiger partial charge is 0.0998 e. The van der Waals surface area contributed by atoms with Crippen LogP contribution in [0.5, 0.6) is 0 Å². The van der Waals surface area contributed by atoms with Crippen LogP contribution in [-0.2, 0) is 12.8 Å². The number of allylic oxidation sites excluding steroid dienone is 12. The van der Waals surface area contributed by atoms with E-state index in [-0.39, 0.29) is 0 Å². The maximum atomic E-state index is 4.31. The Morgan fingerprint density at radius 3 is 1.82 bits per heavy atom. The molecule has 0 saturated carbocycles. The lowest BCUT2D eigenvalue weighted by Crippen LogP contribution is -2.05. The lowest BCUT2D eigenvalue weighted by atomic mass is 9.87. The van der Waals surface area contributed by atoms with Crippen molar-refractivity contribution < 1.29 is 0 Å². The van der Waals surface area contributed by atoms with E-state index < -0.39 is 0 Å². The molecule has 1 aromatic rings. The van der Waals surface area contributed by atoms with Crippen LogP contribution in [0.4, 0.5) is 0 Å². The quantitative estimate of drug-likeness (QED) is 0.114. The molecule has 0 spiro atoms. The van der Waals surface area contributed by atoms with Crippen molar-refractivity contribution in [1.29, 1.82) is 0 Å². The van der Waals surface area contributed by atoms with Crippen molar-refractivity contribution in [2.45, 2.75) is 173 Å². The van der Waals surface area contributed by atoms with E-state index in [0.717, 1.165) is 43.3 Å². The predicted octanol–water partition coefficient (Wildman–Crippen LogP) is 16.7. The van der Waals surface area contributed by atoms with Gasteiger partial charge in [-0.05, 0) is 110 Å². The van der Waals surface area contributed by atoms with Crippen LogP contribution in [-0.4, -0.2) is 0 Å². The standard InChI is InChI=1S/C31H40.C11H22.C4H10.C3H8/c1-8-11-12-27(10-3)17-14-24(5)15-18-28-19-20-29-22-30(26(7)31(29)21-28)25(6)16-13-23(4)9-2;1-6-7-8-10(2)9-11(3,4)5;1-3-4-2;1-3-2/h10,13-14,16-17,19-21H,4-6,8-9,11-12,15,18,22H2,1-3,7H3;2,6-9H2,1,3-5H3;3-4H2,1-2H3;3H2,1-2H3/b16-13-,17-14-,27-10-;;;. The highest BCUT2D eigenvalue weighted by atomic mass is 14.2. The molecule has 0 unspecified atom stereocenters. The number of rotatable bonds is 17. The first kappa shape index (κ1) is 48.3. The minimum Gasteiger partial charge on any atom is -0.0998 e. The molecule has 0 heterocycles. The second-order valence-corrected chi connectivity index (χ2v) is 14.9. The molecule has 2 rings (SSSR count). The normalized spacial score (nSPS) is 12.4. The fraction of sp³-hybridized carbons (Fsp3) is 0.551. The maximum Gasteiger partial charge on any atom is -0.00112 e. The summed E-state index contributed by atoms with van der Waals surface area (Å²) in [4.78, 5) is 0. The molecule has 0 nitrogen and oxygen atoms in total. The van der Waals surface area contributed by atoms with Gasteiger partial charge in [-0.1, -0.05) is 199 Å². The summed E-state index contributed by atoms with van der Waals surface area (Å²) in [5.41, 5.74) is 13.6. The Labute approximate surface area is 308 Å². The van der Waals surface area contributed by atoms with Gasteiger partial charge in [0.15, 0.2) is 0 Å². The second kappa shape index (κ2) is 28.9. The molecule has 0 saturated heterocycles. The maximum absolute atomic E-state index is 4.31. The van der Waals surface area contributed by atoms with Gasteiger partial charge in [-0.25, -0.2) is 0 Å². The van der Waals surface area contributed by atoms with Crippen LogP contribution in [0, 0.1) is 5.41 Å². The zero-order valence-corrected chi connectivity index (χ0v) is 34.8. The molecular formula is C49H80. The molecule has 0 aromatic heterocycles. The number of hydrogen-bond donors (Lipinski definition) is 0. The van der Waals surface area contributed by atoms with Crippen molar-refractivity contribution in [3.63, 3.8) is 0 Å². The van der Waals surface area contributed by atoms with Gasteiger partial charge < -0.3 is 0 Å². The van der Waals surface area contributed by atoms with E-state index in [1.54, 1.807) is 0 Å². The van der Waals surface area contributed by atoms with Crippen LogP contribution in [0.15, 0.2) is 108 Å². The molecular weight excluding hydrogens is 589 g/mol. The van der Waals surface area contributed by atoms with Gasteiger partial charge in [-0.3, -0.25) is 0 Å². The van der Waals surface area contributed by atoms with Crippen LogP contribution < -0.4 is 0 Å². The Kier molecular flexibility index (Phi) is 28.5. The molecule has 0 radical (unpaired) electrons. The highest BCUT2D eigenvalue weighted by molar-refractivity contribution is 5.79. The number of aryl methyl sites for hydroxylation is 1. The van der Waals surface area contributed by atoms with E-state index >= 15 is 0 Å². The predicted molar refractivity (Wildman–Crippen MR) is 230 cm³/mol. The highest BCUT2D eigenvalue weighted by Crippen LogP contribution is 2.37. The molecule has 1 aromatic carbocycles. The van der Waals surface area contributed by atoms with Crippen molar-refractivity contribution in [3.05, 3.63) is 125 Å². The first-order valence-electron chi connectivity index (χ1n) is 19.7. The topological polar surface area (TPSA) is 0 Å². The molecule has 1 aliphatic carbocycles. The third-order valence-corrected chi connectivity index (χ3v) is 8.38. The Morgan fingerprint density at radius 1 is 0.735 bits per heavy atom. The third-order valence-electron chi connectivity index (χ3n) is 8.38. The number of benzene rings is 1. The SMILES string of the molecule is C=C(/C=C\C(=C)C1=C(C)c2cc(CCC(=C)/C=C\C(=C/C)CCCC)ccc2C1)CC.C=C(CCCC)CC(C)(C)C.CCC.CCCC. The molecule has 0 bridgehead atoms. The summed E-state index contributed by atoms with van der Waals surface area (Å²) in [7, 11) is 0. The van der Waals surface area contributed by atoms with E-state index in [4.69, 9.17) is 0 Å². The molecule has 0 heteroatoms. The summed E-state index contributed by atoms with van der Waals surface area (Å²) < 4.78 is 0. The Bertz CT molecular complexity index is 1230. The van der Waals surface area contributed by atoms with E-state index in [9.17, 15) is 0 Å². The summed E-state index contributed by atoms with van der Waals surface area (Å²) >= 11 is 0. The fourth-order valence-corrected chi connectivity index (χ4v) is 5.14. The minimum atomic E-state index is 0.421. The number of hydrogen-bond acceptors (Lipinski definition) is 0. The lowest BCUT2D eigenvalue weighted by Gasteiger charge is -2.19. The van der Waals surface area contributed by atoms with Crippen LogP contribution in [0.3, 0.4) is 0 Å². The molecule has 0 fully saturated rings. The van der Waals surface area contributed by atoms with Gasteiger partial charge in [-0.15, -0.1) is 0 Å². The molecule has 276 valence electrons. The summed E-state index contributed by atoms with van der Waals surface area (Å²) in [6, 6.07) is 6.95. The van der Waals surface area contributed by atoms with Crippen molar-refractivity contribution in [2.75, 3.05) is 0 Å². The first-order valence-corrected chi connectivity index (χ1v) is 19.7. The van der Waals surface area contributed by atoms with Gasteiger partial charge in [0.1, 0.15) is 0 Å². The average molecular weight is 669 g/mol. The first-order chi connectivity index (χ1) is 23.2. The van der Waals surface area contributed by atoms with Crippen molar-refractivity contribution in [1.82, 2.24) is 0 Å². The molecule has 0 N–H and O–H groups in total. The van der Waals surface area contributed by atoms with Gasteiger partial charge in [0, 0.05) is 0 Å². The van der Waals surface area contributed by atoms with Crippen molar-refractivity contribution in [3.8, 4) is 0 Å². The van der Waals surface area contributed by atoms with Crippen molar-refractivity contribution in [2.24, 2.45) is 5.41 Å². The Morgan fingerprint density at radius 2 is 1.31 bits per heavy atom. The van der Waals surface area contributed by atoms with Crippen LogP contribution >= 0.6 is 0 Å². The molecule has 0 aliphatic heterocycles. The zero-order valence-electron chi connectivity index (χ0n) is 34.8. The molecule has 0 atom stereocenters.